The van der Waals surface area contributed by atoms with E-state index in [1.807, 2.05) is 6.92 Å². The molecular formula is C25H31Cl2N3O6S. The van der Waals surface area contributed by atoms with E-state index in [9.17, 15) is 18.0 Å². The number of amides is 2. The van der Waals surface area contributed by atoms with Crippen molar-refractivity contribution in [2.45, 2.75) is 46.2 Å². The number of sulfonamides is 1. The largest absolute Gasteiger partial charge is 0.454 e. The molecular weight excluding hydrogens is 541 g/mol. The minimum absolute atomic E-state index is 0.0235. The Labute approximate surface area is 227 Å². The molecule has 0 unspecified atom stereocenters. The Bertz CT molecular complexity index is 1220. The van der Waals surface area contributed by atoms with E-state index < -0.39 is 28.5 Å². The number of anilines is 1. The van der Waals surface area contributed by atoms with Crippen LogP contribution in [0.2, 0.25) is 10.0 Å². The molecule has 1 aliphatic heterocycles. The Hall–Kier alpha value is -2.69. The zero-order chi connectivity index (χ0) is 27.2. The highest BCUT2D eigenvalue weighted by molar-refractivity contribution is 7.92. The molecule has 1 N–H and O–H groups in total. The Morgan fingerprint density at radius 2 is 1.73 bits per heavy atom. The van der Waals surface area contributed by atoms with Gasteiger partial charge in [0.2, 0.25) is 28.6 Å². The van der Waals surface area contributed by atoms with E-state index in [-0.39, 0.29) is 30.7 Å². The molecule has 0 saturated carbocycles. The number of hydrogen-bond donors (Lipinski definition) is 1. The lowest BCUT2D eigenvalue weighted by Crippen LogP contribution is -2.52. The van der Waals surface area contributed by atoms with E-state index in [1.165, 1.54) is 17.9 Å². The van der Waals surface area contributed by atoms with Gasteiger partial charge in [-0.2, -0.15) is 0 Å². The van der Waals surface area contributed by atoms with Crippen molar-refractivity contribution in [1.82, 2.24) is 10.2 Å². The predicted molar refractivity (Wildman–Crippen MR) is 144 cm³/mol. The number of fused-ring (bicyclic) bond motifs is 1. The van der Waals surface area contributed by atoms with Crippen molar-refractivity contribution in [2.24, 2.45) is 0 Å². The third-order valence-electron chi connectivity index (χ3n) is 5.95. The van der Waals surface area contributed by atoms with Crippen LogP contribution >= 0.6 is 23.2 Å². The average Bonchev–Trinajstić information content (AvgIpc) is 3.35. The summed E-state index contributed by atoms with van der Waals surface area (Å²) in [5.74, 6) is -0.291. The molecule has 0 fully saturated rings. The van der Waals surface area contributed by atoms with E-state index in [0.717, 1.165) is 10.7 Å². The number of carbonyl (C=O) groups is 2. The first kappa shape index (κ1) is 28.9. The summed E-state index contributed by atoms with van der Waals surface area (Å²) in [5, 5.41) is 3.50. The molecule has 0 aliphatic carbocycles. The fourth-order valence-electron chi connectivity index (χ4n) is 3.90. The number of nitrogens with zero attached hydrogens (tertiary/aromatic N) is 2. The molecule has 1 aliphatic rings. The van der Waals surface area contributed by atoms with Gasteiger partial charge in [-0.1, -0.05) is 43.1 Å². The summed E-state index contributed by atoms with van der Waals surface area (Å²) in [5.41, 5.74) is 0.715. The van der Waals surface area contributed by atoms with Crippen molar-refractivity contribution in [1.29, 1.82) is 0 Å². The summed E-state index contributed by atoms with van der Waals surface area (Å²) in [6.45, 7) is 5.06. The van der Waals surface area contributed by atoms with Crippen molar-refractivity contribution < 1.29 is 27.5 Å². The minimum atomic E-state index is -3.88. The molecule has 12 heteroatoms. The molecule has 9 nitrogen and oxygen atoms in total. The topological polar surface area (TPSA) is 105 Å². The Morgan fingerprint density at radius 3 is 2.35 bits per heavy atom. The van der Waals surface area contributed by atoms with E-state index in [0.29, 0.717) is 40.1 Å². The van der Waals surface area contributed by atoms with Gasteiger partial charge in [-0.25, -0.2) is 8.42 Å². The fourth-order valence-corrected chi connectivity index (χ4v) is 5.47. The van der Waals surface area contributed by atoms with E-state index in [2.05, 4.69) is 5.32 Å². The predicted octanol–water partition coefficient (Wildman–Crippen LogP) is 4.21. The maximum atomic E-state index is 13.8. The summed E-state index contributed by atoms with van der Waals surface area (Å²) in [6.07, 6.45) is 1.02. The third-order valence-corrected chi connectivity index (χ3v) is 8.40. The number of halogens is 2. The van der Waals surface area contributed by atoms with Gasteiger partial charge in [-0.3, -0.25) is 13.9 Å². The first-order valence-corrected chi connectivity index (χ1v) is 14.4. The van der Waals surface area contributed by atoms with Crippen molar-refractivity contribution in [3.63, 3.8) is 0 Å². The van der Waals surface area contributed by atoms with Crippen LogP contribution < -0.4 is 19.1 Å². The first-order valence-electron chi connectivity index (χ1n) is 12.0. The van der Waals surface area contributed by atoms with Gasteiger partial charge in [-0.15, -0.1) is 0 Å². The van der Waals surface area contributed by atoms with Gasteiger partial charge in [0.15, 0.2) is 11.5 Å². The van der Waals surface area contributed by atoms with Gasteiger partial charge in [0, 0.05) is 34.8 Å². The third kappa shape index (κ3) is 6.80. The molecule has 202 valence electrons. The molecule has 2 aromatic carbocycles. The van der Waals surface area contributed by atoms with Crippen LogP contribution in [0.25, 0.3) is 0 Å². The number of benzene rings is 2. The summed E-state index contributed by atoms with van der Waals surface area (Å²) < 4.78 is 37.9. The molecule has 0 bridgehead atoms. The van der Waals surface area contributed by atoms with Gasteiger partial charge in [0.1, 0.15) is 12.6 Å². The Kier molecular flexibility index (Phi) is 9.92. The molecule has 1 heterocycles. The average molecular weight is 573 g/mol. The zero-order valence-corrected chi connectivity index (χ0v) is 23.3. The molecule has 0 spiro atoms. The maximum Gasteiger partial charge on any atom is 0.244 e. The maximum absolute atomic E-state index is 13.8. The molecule has 0 radical (unpaired) electrons. The molecule has 0 aromatic heterocycles. The number of ether oxygens (including phenoxy) is 2. The van der Waals surface area contributed by atoms with Gasteiger partial charge in [0.05, 0.1) is 11.4 Å². The fraction of sp³-hybridized carbons (Fsp3) is 0.440. The van der Waals surface area contributed by atoms with Gasteiger partial charge >= 0.3 is 0 Å². The second kappa shape index (κ2) is 12.7. The molecule has 2 amide bonds. The van der Waals surface area contributed by atoms with Crippen molar-refractivity contribution in [2.75, 3.05) is 29.9 Å². The second-order valence-electron chi connectivity index (χ2n) is 8.38. The number of rotatable bonds is 12. The molecule has 37 heavy (non-hydrogen) atoms. The lowest BCUT2D eigenvalue weighted by Gasteiger charge is -2.33. The first-order chi connectivity index (χ1) is 17.6. The Morgan fingerprint density at radius 1 is 1.05 bits per heavy atom. The lowest BCUT2D eigenvalue weighted by atomic mass is 10.1. The van der Waals surface area contributed by atoms with Gasteiger partial charge < -0.3 is 19.7 Å². The summed E-state index contributed by atoms with van der Waals surface area (Å²) in [4.78, 5) is 28.2. The van der Waals surface area contributed by atoms with Crippen LogP contribution in [-0.2, 0) is 26.2 Å². The minimum Gasteiger partial charge on any atom is -0.454 e. The number of nitrogens with one attached hydrogen (secondary N) is 1. The van der Waals surface area contributed by atoms with Gasteiger partial charge in [-0.05, 0) is 44.0 Å². The number of hydrogen-bond acceptors (Lipinski definition) is 6. The van der Waals surface area contributed by atoms with Gasteiger partial charge in [0.25, 0.3) is 0 Å². The van der Waals surface area contributed by atoms with E-state index >= 15 is 0 Å². The Balaban J connectivity index is 2.00. The van der Waals surface area contributed by atoms with Crippen molar-refractivity contribution in [3.05, 3.63) is 52.0 Å². The summed E-state index contributed by atoms with van der Waals surface area (Å²) in [6, 6.07) is 8.76. The SMILES string of the molecule is CCCNC(=O)[C@H](CC)N(Cc1c(Cl)cccc1Cl)C(=O)CN(c1ccc2c(c1)OCO2)S(=O)(=O)CC. The molecule has 2 aromatic rings. The molecule has 3 rings (SSSR count). The van der Waals surface area contributed by atoms with Crippen molar-refractivity contribution in [3.8, 4) is 11.5 Å². The van der Waals surface area contributed by atoms with E-state index in [1.54, 1.807) is 37.3 Å². The second-order valence-corrected chi connectivity index (χ2v) is 11.4. The van der Waals surface area contributed by atoms with Crippen LogP contribution in [0, 0.1) is 0 Å². The van der Waals surface area contributed by atoms with Crippen LogP contribution in [-0.4, -0.2) is 56.8 Å². The van der Waals surface area contributed by atoms with Crippen LogP contribution in [0.4, 0.5) is 5.69 Å². The summed E-state index contributed by atoms with van der Waals surface area (Å²) in [7, 11) is -3.88. The highest BCUT2D eigenvalue weighted by Gasteiger charge is 2.33. The van der Waals surface area contributed by atoms with Crippen LogP contribution in [0.1, 0.15) is 39.2 Å². The molecule has 0 saturated heterocycles. The zero-order valence-electron chi connectivity index (χ0n) is 21.0. The normalized spacial score (nSPS) is 13.2. The van der Waals surface area contributed by atoms with Crippen LogP contribution in [0.5, 0.6) is 11.5 Å². The lowest BCUT2D eigenvalue weighted by molar-refractivity contribution is -0.140. The quantitative estimate of drug-likeness (QED) is 0.409. The van der Waals surface area contributed by atoms with E-state index in [4.69, 9.17) is 32.7 Å². The number of carbonyl (C=O) groups excluding carboxylic acids is 2. The standard InChI is InChI=1S/C25H31Cl2N3O6S/c1-4-12-28-25(32)21(5-2)29(14-18-19(26)8-7-9-20(18)27)24(31)15-30(37(33,34)6-3)17-10-11-22-23(13-17)36-16-35-22/h7-11,13,21H,4-6,12,14-16H2,1-3H3,(H,28,32)/t21-/m0/s1. The van der Waals surface area contributed by atoms with Crippen molar-refractivity contribution >= 4 is 50.7 Å². The van der Waals surface area contributed by atoms with Crippen LogP contribution in [0.15, 0.2) is 36.4 Å². The highest BCUT2D eigenvalue weighted by atomic mass is 35.5. The smallest absolute Gasteiger partial charge is 0.244 e. The molecule has 1 atom stereocenters. The van der Waals surface area contributed by atoms with Crippen LogP contribution in [0.3, 0.4) is 0 Å². The monoisotopic (exact) mass is 571 g/mol. The summed E-state index contributed by atoms with van der Waals surface area (Å²) >= 11 is 12.8. The highest BCUT2D eigenvalue weighted by Crippen LogP contribution is 2.36.